The predicted molar refractivity (Wildman–Crippen MR) is 197 cm³/mol. The zero-order chi connectivity index (χ0) is 42.1. The highest BCUT2D eigenvalue weighted by Gasteiger charge is 2.35. The van der Waals surface area contributed by atoms with Gasteiger partial charge in [0.2, 0.25) is 41.4 Å². The molecule has 0 spiro atoms. The van der Waals surface area contributed by atoms with Crippen molar-refractivity contribution in [3.05, 3.63) is 36.4 Å². The van der Waals surface area contributed by atoms with Crippen molar-refractivity contribution in [2.75, 3.05) is 6.54 Å². The number of carboxylic acids is 1. The number of aliphatic hydroxyl groups is 1. The topological polar surface area (TPSA) is 359 Å². The van der Waals surface area contributed by atoms with Gasteiger partial charge in [-0.2, -0.15) is 0 Å². The third-order valence-electron chi connectivity index (χ3n) is 8.38. The number of nitrogens with zero attached hydrogens (tertiary/aromatic N) is 2. The van der Waals surface area contributed by atoms with E-state index in [1.807, 2.05) is 0 Å². The van der Waals surface area contributed by atoms with Gasteiger partial charge in [0.05, 0.1) is 31.3 Å². The first-order valence-corrected chi connectivity index (χ1v) is 18.0. The molecule has 0 unspecified atom stereocenters. The van der Waals surface area contributed by atoms with Gasteiger partial charge < -0.3 is 63.5 Å². The van der Waals surface area contributed by atoms with Crippen molar-refractivity contribution in [1.29, 1.82) is 0 Å². The average Bonchev–Trinajstić information content (AvgIpc) is 3.84. The first-order chi connectivity index (χ1) is 26.3. The molecule has 22 nitrogen and oxygen atoms in total. The highest BCUT2D eigenvalue weighted by molar-refractivity contribution is 5.97. The van der Waals surface area contributed by atoms with Crippen LogP contribution in [0.1, 0.15) is 65.3 Å². The largest absolute Gasteiger partial charge is 0.480 e. The van der Waals surface area contributed by atoms with Crippen LogP contribution in [0.5, 0.6) is 0 Å². The highest BCUT2D eigenvalue weighted by atomic mass is 16.4. The molecular formula is C34H54N12O10. The number of carbonyl (C=O) groups is 8. The molecule has 22 heteroatoms. The lowest BCUT2D eigenvalue weighted by Crippen LogP contribution is -2.61. The first kappa shape index (κ1) is 46.3. The van der Waals surface area contributed by atoms with E-state index >= 15 is 0 Å². The van der Waals surface area contributed by atoms with Crippen LogP contribution in [0.4, 0.5) is 0 Å². The molecule has 2 aromatic heterocycles. The first-order valence-electron chi connectivity index (χ1n) is 18.0. The lowest BCUT2D eigenvalue weighted by Gasteiger charge is -2.28. The highest BCUT2D eigenvalue weighted by Crippen LogP contribution is 2.10. The number of carbonyl (C=O) groups excluding carboxylic acids is 7. The quantitative estimate of drug-likeness (QED) is 0.0486. The van der Waals surface area contributed by atoms with E-state index in [1.54, 1.807) is 27.7 Å². The Balaban J connectivity index is 2.23. The molecule has 7 amide bonds. The molecule has 0 aliphatic rings. The lowest BCUT2D eigenvalue weighted by molar-refractivity contribution is -0.142. The molecule has 0 bridgehead atoms. The second-order valence-electron chi connectivity index (χ2n) is 14.1. The Morgan fingerprint density at radius 1 is 0.714 bits per heavy atom. The number of aromatic nitrogens is 4. The molecule has 310 valence electrons. The summed E-state index contributed by atoms with van der Waals surface area (Å²) in [5.41, 5.74) is 12.0. The van der Waals surface area contributed by atoms with E-state index < -0.39 is 96.2 Å². The summed E-state index contributed by atoms with van der Waals surface area (Å²) >= 11 is 0. The van der Waals surface area contributed by atoms with Gasteiger partial charge in [-0.05, 0) is 31.6 Å². The van der Waals surface area contributed by atoms with Crippen molar-refractivity contribution < 1.29 is 48.6 Å². The fourth-order valence-corrected chi connectivity index (χ4v) is 5.20. The molecule has 0 saturated heterocycles. The van der Waals surface area contributed by atoms with E-state index in [0.717, 1.165) is 0 Å². The maximum atomic E-state index is 13.7. The summed E-state index contributed by atoms with van der Waals surface area (Å²) in [5.74, 6) is -7.58. The molecule has 0 aliphatic heterocycles. The molecule has 2 aromatic rings. The summed E-state index contributed by atoms with van der Waals surface area (Å²) in [6.45, 7) is 7.57. The number of nitrogens with two attached hydrogens (primary N) is 2. The SMILES string of the molecule is CC(C)C[C@H](NC(=O)[C@H](Cc1cnc[nH]1)NC(=O)[C@@H](N)C(C)C)C(=O)N[C@H](C(=O)N[C@@H](Cc1cnc[nH]1)C(=O)NCC(=O)N[C@@H](CCC(N)=O)C(=O)O)[C@@H](C)O. The molecule has 2 heterocycles. The van der Waals surface area contributed by atoms with E-state index in [9.17, 15) is 48.6 Å². The van der Waals surface area contributed by atoms with Crippen LogP contribution in [0.2, 0.25) is 0 Å². The number of hydrogen-bond acceptors (Lipinski definition) is 12. The molecule has 0 saturated carbocycles. The standard InChI is InChI=1S/C34H54N12O10/c1-16(2)8-22(43-30(51)24(10-20-12-38-15-41-20)44-32(53)27(36)17(3)4)31(52)46-28(18(5)47)33(54)45-23(9-19-11-37-14-40-19)29(50)39-13-26(49)42-21(34(55)56)6-7-25(35)48/h11-12,14-18,21-24,27-28,47H,6-10,13,36H2,1-5H3,(H2,35,48)(H,37,40)(H,38,41)(H,39,50)(H,42,49)(H,43,51)(H,44,53)(H,45,54)(H,46,52)(H,55,56)/t18-,21+,22+,23+,24+,27+,28+/m1/s1. The van der Waals surface area contributed by atoms with Crippen molar-refractivity contribution in [2.45, 2.75) is 109 Å². The summed E-state index contributed by atoms with van der Waals surface area (Å²) in [5, 5.41) is 34.6. The van der Waals surface area contributed by atoms with E-state index in [-0.39, 0.29) is 43.9 Å². The second-order valence-corrected chi connectivity index (χ2v) is 14.1. The molecule has 0 aliphatic carbocycles. The summed E-state index contributed by atoms with van der Waals surface area (Å²) in [4.78, 5) is 116. The fraction of sp³-hybridized carbons (Fsp3) is 0.588. The minimum absolute atomic E-state index is 0.0199. The number of imidazole rings is 2. The molecule has 0 aromatic carbocycles. The van der Waals surface area contributed by atoms with Crippen LogP contribution >= 0.6 is 0 Å². The molecule has 56 heavy (non-hydrogen) atoms. The Hall–Kier alpha value is -5.90. The van der Waals surface area contributed by atoms with Crippen LogP contribution < -0.4 is 43.4 Å². The van der Waals surface area contributed by atoms with Gasteiger partial charge in [0.1, 0.15) is 30.2 Å². The zero-order valence-corrected chi connectivity index (χ0v) is 32.0. The molecular weight excluding hydrogens is 736 g/mol. The van der Waals surface area contributed by atoms with Crippen LogP contribution in [-0.2, 0) is 51.2 Å². The van der Waals surface area contributed by atoms with E-state index in [2.05, 4.69) is 51.8 Å². The zero-order valence-electron chi connectivity index (χ0n) is 32.0. The summed E-state index contributed by atoms with van der Waals surface area (Å²) in [6, 6.07) is -7.88. The van der Waals surface area contributed by atoms with E-state index in [0.29, 0.717) is 11.4 Å². The summed E-state index contributed by atoms with van der Waals surface area (Å²) in [7, 11) is 0. The van der Waals surface area contributed by atoms with Crippen molar-refractivity contribution in [3.8, 4) is 0 Å². The third-order valence-corrected chi connectivity index (χ3v) is 8.38. The number of nitrogens with one attached hydrogen (secondary N) is 8. The van der Waals surface area contributed by atoms with Gasteiger partial charge >= 0.3 is 5.97 Å². The number of primary amides is 1. The number of H-pyrrole nitrogens is 2. The van der Waals surface area contributed by atoms with Gasteiger partial charge in [0, 0.05) is 43.0 Å². The Labute approximate surface area is 322 Å². The van der Waals surface area contributed by atoms with Gasteiger partial charge in [-0.1, -0.05) is 27.7 Å². The predicted octanol–water partition coefficient (Wildman–Crippen LogP) is -3.78. The van der Waals surface area contributed by atoms with Crippen molar-refractivity contribution >= 4 is 47.3 Å². The number of amides is 7. The number of carboxylic acid groups (broad SMARTS) is 1. The van der Waals surface area contributed by atoms with E-state index in [4.69, 9.17) is 11.5 Å². The Morgan fingerprint density at radius 2 is 1.23 bits per heavy atom. The third kappa shape index (κ3) is 15.8. The fourth-order valence-electron chi connectivity index (χ4n) is 5.20. The Morgan fingerprint density at radius 3 is 1.70 bits per heavy atom. The van der Waals surface area contributed by atoms with Gasteiger partial charge in [0.25, 0.3) is 0 Å². The van der Waals surface area contributed by atoms with Crippen molar-refractivity contribution in [1.82, 2.24) is 51.8 Å². The van der Waals surface area contributed by atoms with Crippen LogP contribution in [0.15, 0.2) is 25.0 Å². The molecule has 0 radical (unpaired) electrons. The minimum atomic E-state index is -1.65. The maximum Gasteiger partial charge on any atom is 0.326 e. The second kappa shape index (κ2) is 22.5. The van der Waals surface area contributed by atoms with E-state index in [1.165, 1.54) is 32.0 Å². The average molecular weight is 791 g/mol. The summed E-state index contributed by atoms with van der Waals surface area (Å²) < 4.78 is 0. The Bertz CT molecular complexity index is 1630. The number of aliphatic hydroxyl groups excluding tert-OH is 1. The van der Waals surface area contributed by atoms with Crippen LogP contribution in [-0.4, -0.2) is 126 Å². The van der Waals surface area contributed by atoms with Gasteiger partial charge in [-0.3, -0.25) is 33.6 Å². The number of rotatable bonds is 24. The van der Waals surface area contributed by atoms with Gasteiger partial charge in [-0.25, -0.2) is 14.8 Å². The smallest absolute Gasteiger partial charge is 0.326 e. The van der Waals surface area contributed by atoms with Crippen molar-refractivity contribution in [2.24, 2.45) is 23.3 Å². The minimum Gasteiger partial charge on any atom is -0.480 e. The Kier molecular flexibility index (Phi) is 18.6. The van der Waals surface area contributed by atoms with Crippen LogP contribution in [0.3, 0.4) is 0 Å². The maximum absolute atomic E-state index is 13.7. The van der Waals surface area contributed by atoms with Gasteiger partial charge in [0.15, 0.2) is 0 Å². The van der Waals surface area contributed by atoms with Crippen LogP contribution in [0, 0.1) is 11.8 Å². The number of hydrogen-bond donors (Lipinski definition) is 12. The molecule has 14 N–H and O–H groups in total. The normalized spacial score (nSPS) is 14.9. The lowest BCUT2D eigenvalue weighted by atomic mass is 10.0. The number of aliphatic carboxylic acids is 1. The van der Waals surface area contributed by atoms with Crippen LogP contribution in [0.25, 0.3) is 0 Å². The molecule has 2 rings (SSSR count). The van der Waals surface area contributed by atoms with Crippen molar-refractivity contribution in [3.63, 3.8) is 0 Å². The number of aromatic amines is 2. The molecule has 0 fully saturated rings. The monoisotopic (exact) mass is 790 g/mol. The summed E-state index contributed by atoms with van der Waals surface area (Å²) in [6.07, 6.45) is 3.32. The van der Waals surface area contributed by atoms with Gasteiger partial charge in [-0.15, -0.1) is 0 Å². The molecule has 7 atom stereocenters.